The molecule has 0 spiro atoms. The predicted molar refractivity (Wildman–Crippen MR) is 73.0 cm³/mol. The van der Waals surface area contributed by atoms with E-state index in [1.165, 1.54) is 12.1 Å². The molecule has 0 fully saturated rings. The lowest BCUT2D eigenvalue weighted by Gasteiger charge is -2.21. The molecule has 1 rings (SSSR count). The van der Waals surface area contributed by atoms with E-state index in [0.717, 1.165) is 18.8 Å². The van der Waals surface area contributed by atoms with Crippen LogP contribution >= 0.6 is 0 Å². The van der Waals surface area contributed by atoms with Crippen molar-refractivity contribution in [1.29, 1.82) is 0 Å². The van der Waals surface area contributed by atoms with E-state index in [2.05, 4.69) is 42.4 Å². The van der Waals surface area contributed by atoms with Crippen molar-refractivity contribution in [2.45, 2.75) is 34.1 Å². The van der Waals surface area contributed by atoms with Crippen molar-refractivity contribution in [3.8, 4) is 0 Å². The smallest absolute Gasteiger partial charge is 0.0552 e. The highest BCUT2D eigenvalue weighted by molar-refractivity contribution is 5.44. The zero-order chi connectivity index (χ0) is 12.4. The van der Waals surface area contributed by atoms with Crippen LogP contribution in [0, 0.1) is 6.92 Å². The van der Waals surface area contributed by atoms with Crippen LogP contribution in [0.1, 0.15) is 32.9 Å². The average molecular weight is 220 g/mol. The fourth-order valence-electron chi connectivity index (χ4n) is 1.39. The zero-order valence-corrected chi connectivity index (χ0v) is 11.0. The topological polar surface area (TPSA) is 16.1 Å². The molecular weight excluding hydrogens is 196 g/mol. The van der Waals surface area contributed by atoms with Gasteiger partial charge in [0.2, 0.25) is 0 Å². The third kappa shape index (κ3) is 5.54. The van der Waals surface area contributed by atoms with Crippen LogP contribution in [0.2, 0.25) is 0 Å². The van der Waals surface area contributed by atoms with E-state index >= 15 is 0 Å². The lowest BCUT2D eigenvalue weighted by molar-refractivity contribution is 0.789. The van der Waals surface area contributed by atoms with Gasteiger partial charge in [0, 0.05) is 18.8 Å². The Balaban J connectivity index is 0.000000673. The summed E-state index contributed by atoms with van der Waals surface area (Å²) in [7, 11) is 0. The van der Waals surface area contributed by atoms with Crippen molar-refractivity contribution in [3.63, 3.8) is 0 Å². The molecule has 0 aliphatic carbocycles. The Bertz CT molecular complexity index is 277. The Kier molecular flexibility index (Phi) is 8.22. The molecule has 0 unspecified atom stereocenters. The van der Waals surface area contributed by atoms with Gasteiger partial charge in [0.25, 0.3) is 0 Å². The van der Waals surface area contributed by atoms with E-state index in [0.29, 0.717) is 0 Å². The summed E-state index contributed by atoms with van der Waals surface area (Å²) in [6.07, 6.45) is 4.89. The molecule has 16 heavy (non-hydrogen) atoms. The van der Waals surface area contributed by atoms with Crippen LogP contribution in [-0.2, 0) is 0 Å². The van der Waals surface area contributed by atoms with Gasteiger partial charge in [-0.1, -0.05) is 13.0 Å². The van der Waals surface area contributed by atoms with Gasteiger partial charge in [-0.15, -0.1) is 6.58 Å². The fourth-order valence-corrected chi connectivity index (χ4v) is 1.39. The van der Waals surface area contributed by atoms with Gasteiger partial charge in [-0.25, -0.2) is 0 Å². The van der Waals surface area contributed by atoms with E-state index < -0.39 is 0 Å². The first-order valence-electron chi connectivity index (χ1n) is 5.94. The highest BCUT2D eigenvalue weighted by Gasteiger charge is 2.01. The minimum Gasteiger partial charge on any atom is -0.371 e. The molecule has 0 radical (unpaired) electrons. The SMILES string of the molecule is C=CC.CCCN(CC)c1ccc(C)nc1. The van der Waals surface area contributed by atoms with Crippen LogP contribution in [0.15, 0.2) is 31.0 Å². The van der Waals surface area contributed by atoms with Crippen LogP contribution in [0.4, 0.5) is 5.69 Å². The number of aromatic nitrogens is 1. The van der Waals surface area contributed by atoms with Crippen LogP contribution in [-0.4, -0.2) is 18.1 Å². The van der Waals surface area contributed by atoms with Gasteiger partial charge in [0.1, 0.15) is 0 Å². The molecule has 90 valence electrons. The van der Waals surface area contributed by atoms with Crippen molar-refractivity contribution < 1.29 is 0 Å². The Labute approximate surface area is 100 Å². The summed E-state index contributed by atoms with van der Waals surface area (Å²) in [5, 5.41) is 0. The first-order valence-corrected chi connectivity index (χ1v) is 5.94. The summed E-state index contributed by atoms with van der Waals surface area (Å²) in [5.74, 6) is 0. The number of allylic oxidation sites excluding steroid dienone is 1. The monoisotopic (exact) mass is 220 g/mol. The Morgan fingerprint density at radius 1 is 1.38 bits per heavy atom. The molecule has 0 aliphatic rings. The molecule has 1 aromatic rings. The van der Waals surface area contributed by atoms with Gasteiger partial charge in [-0.2, -0.15) is 0 Å². The Morgan fingerprint density at radius 3 is 2.38 bits per heavy atom. The molecular formula is C14H24N2. The molecule has 0 amide bonds. The number of pyridine rings is 1. The number of rotatable bonds is 4. The quantitative estimate of drug-likeness (QED) is 0.717. The Hall–Kier alpha value is -1.31. The van der Waals surface area contributed by atoms with Crippen molar-refractivity contribution in [1.82, 2.24) is 4.98 Å². The second kappa shape index (κ2) is 8.96. The number of nitrogens with zero attached hydrogens (tertiary/aromatic N) is 2. The summed E-state index contributed by atoms with van der Waals surface area (Å²) in [5.41, 5.74) is 2.31. The largest absolute Gasteiger partial charge is 0.371 e. The van der Waals surface area contributed by atoms with Crippen LogP contribution in [0.25, 0.3) is 0 Å². The average Bonchev–Trinajstić information content (AvgIpc) is 2.28. The minimum absolute atomic E-state index is 1.05. The van der Waals surface area contributed by atoms with E-state index in [9.17, 15) is 0 Å². The van der Waals surface area contributed by atoms with Crippen molar-refractivity contribution in [3.05, 3.63) is 36.7 Å². The summed E-state index contributed by atoms with van der Waals surface area (Å²) < 4.78 is 0. The highest BCUT2D eigenvalue weighted by Crippen LogP contribution is 2.12. The summed E-state index contributed by atoms with van der Waals surface area (Å²) in [6.45, 7) is 13.8. The van der Waals surface area contributed by atoms with E-state index in [-0.39, 0.29) is 0 Å². The van der Waals surface area contributed by atoms with Crippen molar-refractivity contribution in [2.24, 2.45) is 0 Å². The summed E-state index contributed by atoms with van der Waals surface area (Å²) in [4.78, 5) is 6.63. The molecule has 0 aliphatic heterocycles. The van der Waals surface area contributed by atoms with E-state index in [1.807, 2.05) is 20.0 Å². The molecule has 0 aromatic carbocycles. The molecule has 0 saturated carbocycles. The van der Waals surface area contributed by atoms with Gasteiger partial charge in [-0.3, -0.25) is 4.98 Å². The number of hydrogen-bond acceptors (Lipinski definition) is 2. The van der Waals surface area contributed by atoms with Gasteiger partial charge in [0.05, 0.1) is 11.9 Å². The van der Waals surface area contributed by atoms with Crippen molar-refractivity contribution in [2.75, 3.05) is 18.0 Å². The maximum atomic E-state index is 4.29. The van der Waals surface area contributed by atoms with E-state index in [1.54, 1.807) is 6.08 Å². The van der Waals surface area contributed by atoms with Crippen LogP contribution < -0.4 is 4.90 Å². The number of hydrogen-bond donors (Lipinski definition) is 0. The lowest BCUT2D eigenvalue weighted by atomic mass is 10.3. The molecule has 1 heterocycles. The van der Waals surface area contributed by atoms with Gasteiger partial charge < -0.3 is 4.90 Å². The fraction of sp³-hybridized carbons (Fsp3) is 0.500. The van der Waals surface area contributed by atoms with Crippen LogP contribution in [0.3, 0.4) is 0 Å². The molecule has 0 bridgehead atoms. The lowest BCUT2D eigenvalue weighted by Crippen LogP contribution is -2.23. The van der Waals surface area contributed by atoms with Crippen molar-refractivity contribution >= 4 is 5.69 Å². The van der Waals surface area contributed by atoms with Crippen LogP contribution in [0.5, 0.6) is 0 Å². The third-order valence-corrected chi connectivity index (χ3v) is 2.14. The zero-order valence-electron chi connectivity index (χ0n) is 11.0. The van der Waals surface area contributed by atoms with Gasteiger partial charge in [0.15, 0.2) is 0 Å². The van der Waals surface area contributed by atoms with Gasteiger partial charge in [-0.05, 0) is 39.3 Å². The highest BCUT2D eigenvalue weighted by atomic mass is 15.1. The molecule has 0 atom stereocenters. The summed E-state index contributed by atoms with van der Waals surface area (Å²) >= 11 is 0. The maximum Gasteiger partial charge on any atom is 0.0552 e. The predicted octanol–water partition coefficient (Wildman–Crippen LogP) is 3.82. The Morgan fingerprint density at radius 2 is 2.00 bits per heavy atom. The molecule has 2 heteroatoms. The third-order valence-electron chi connectivity index (χ3n) is 2.14. The molecule has 0 N–H and O–H groups in total. The normalized spacial score (nSPS) is 9.00. The second-order valence-electron chi connectivity index (χ2n) is 3.65. The van der Waals surface area contributed by atoms with Gasteiger partial charge >= 0.3 is 0 Å². The standard InChI is InChI=1S/C11H18N2.C3H6/c1-4-8-13(5-2)11-7-6-10(3)12-9-11;1-3-2/h6-7,9H,4-5,8H2,1-3H3;3H,1H2,2H3. The number of anilines is 1. The second-order valence-corrected chi connectivity index (χ2v) is 3.65. The molecule has 2 nitrogen and oxygen atoms in total. The first kappa shape index (κ1) is 14.7. The molecule has 0 saturated heterocycles. The maximum absolute atomic E-state index is 4.29. The minimum atomic E-state index is 1.05. The first-order chi connectivity index (χ1) is 7.69. The van der Waals surface area contributed by atoms with E-state index in [4.69, 9.17) is 0 Å². The summed E-state index contributed by atoms with van der Waals surface area (Å²) in [6, 6.07) is 4.20. The molecule has 1 aromatic heterocycles. The number of aryl methyl sites for hydroxylation is 1.